The summed E-state index contributed by atoms with van der Waals surface area (Å²) in [6.45, 7) is 4.84. The van der Waals surface area contributed by atoms with Gasteiger partial charge in [-0.25, -0.2) is 0 Å². The number of benzene rings is 1. The molecule has 0 unspecified atom stereocenters. The fourth-order valence-electron chi connectivity index (χ4n) is 2.58. The summed E-state index contributed by atoms with van der Waals surface area (Å²) in [5.41, 5.74) is 3.52. The van der Waals surface area contributed by atoms with Gasteiger partial charge in [0.2, 0.25) is 5.91 Å². The minimum absolute atomic E-state index is 0.0600. The van der Waals surface area contributed by atoms with E-state index in [1.807, 2.05) is 44.1 Å². The van der Waals surface area contributed by atoms with Gasteiger partial charge >= 0.3 is 0 Å². The molecule has 0 fully saturated rings. The van der Waals surface area contributed by atoms with Crippen LogP contribution in [0.3, 0.4) is 0 Å². The molecule has 2 aromatic rings. The van der Waals surface area contributed by atoms with Crippen molar-refractivity contribution in [2.24, 2.45) is 0 Å². The molecule has 0 aliphatic heterocycles. The highest BCUT2D eigenvalue weighted by Crippen LogP contribution is 2.20. The summed E-state index contributed by atoms with van der Waals surface area (Å²) in [5.74, 6) is 0.0600. The number of amides is 1. The van der Waals surface area contributed by atoms with Crippen molar-refractivity contribution >= 4 is 17.2 Å². The van der Waals surface area contributed by atoms with Crippen LogP contribution in [0, 0.1) is 13.8 Å². The minimum atomic E-state index is -0.246. The Morgan fingerprint density at radius 1 is 1.27 bits per heavy atom. The van der Waals surface area contributed by atoms with Crippen molar-refractivity contribution in [3.63, 3.8) is 0 Å². The zero-order valence-corrected chi connectivity index (χ0v) is 14.5. The van der Waals surface area contributed by atoms with Gasteiger partial charge in [-0.05, 0) is 56.9 Å². The number of rotatable bonds is 6. The monoisotopic (exact) mass is 316 g/mol. The van der Waals surface area contributed by atoms with E-state index < -0.39 is 0 Å². The topological polar surface area (TPSA) is 32.3 Å². The van der Waals surface area contributed by atoms with E-state index in [1.54, 1.807) is 11.3 Å². The molecule has 0 radical (unpaired) electrons. The lowest BCUT2D eigenvalue weighted by Crippen LogP contribution is -2.37. The van der Waals surface area contributed by atoms with Gasteiger partial charge in [0.25, 0.3) is 0 Å². The average Bonchev–Trinajstić information content (AvgIpc) is 2.84. The van der Waals surface area contributed by atoms with E-state index in [0.717, 1.165) is 12.0 Å². The van der Waals surface area contributed by atoms with E-state index in [-0.39, 0.29) is 11.9 Å². The Bertz CT molecular complexity index is 634. The molecule has 0 saturated heterocycles. The fraction of sp³-hybridized carbons (Fsp3) is 0.389. The van der Waals surface area contributed by atoms with Gasteiger partial charge in [0, 0.05) is 11.4 Å². The second-order valence-corrected chi connectivity index (χ2v) is 6.85. The molecule has 0 aliphatic rings. The number of nitrogens with zero attached hydrogens (tertiary/aromatic N) is 1. The summed E-state index contributed by atoms with van der Waals surface area (Å²) in [6.07, 6.45) is 0.892. The Hall–Kier alpha value is -1.65. The maximum Gasteiger partial charge on any atom is 0.241 e. The Morgan fingerprint density at radius 2 is 2.05 bits per heavy atom. The fourth-order valence-corrected chi connectivity index (χ4v) is 3.49. The van der Waals surface area contributed by atoms with E-state index >= 15 is 0 Å². The van der Waals surface area contributed by atoms with Gasteiger partial charge in [-0.1, -0.05) is 29.8 Å². The third-order valence-corrected chi connectivity index (χ3v) is 4.82. The summed E-state index contributed by atoms with van der Waals surface area (Å²) in [7, 11) is 3.88. The first kappa shape index (κ1) is 16.7. The molecule has 1 heterocycles. The van der Waals surface area contributed by atoms with E-state index in [4.69, 9.17) is 0 Å². The van der Waals surface area contributed by atoms with Gasteiger partial charge in [-0.3, -0.25) is 9.69 Å². The highest BCUT2D eigenvalue weighted by atomic mass is 32.1. The van der Waals surface area contributed by atoms with Gasteiger partial charge in [0.05, 0.1) is 0 Å². The van der Waals surface area contributed by atoms with Crippen LogP contribution in [0.5, 0.6) is 0 Å². The van der Waals surface area contributed by atoms with Crippen LogP contribution in [0.1, 0.15) is 27.6 Å². The molecule has 1 atom stereocenters. The molecule has 1 aromatic carbocycles. The van der Waals surface area contributed by atoms with Crippen LogP contribution in [0.2, 0.25) is 0 Å². The first-order chi connectivity index (χ1) is 10.5. The molecular formula is C18H24N2OS. The smallest absolute Gasteiger partial charge is 0.241 e. The number of hydrogen-bond donors (Lipinski definition) is 1. The SMILES string of the molecule is Cc1cccc([C@H](C(=O)NCCc2sccc2C)N(C)C)c1. The second kappa shape index (κ2) is 7.56. The van der Waals surface area contributed by atoms with E-state index in [9.17, 15) is 4.79 Å². The number of carbonyl (C=O) groups excluding carboxylic acids is 1. The number of thiophene rings is 1. The molecule has 4 heteroatoms. The Labute approximate surface area is 137 Å². The Balaban J connectivity index is 2.00. The van der Waals surface area contributed by atoms with Gasteiger partial charge in [0.1, 0.15) is 6.04 Å². The summed E-state index contributed by atoms with van der Waals surface area (Å²) >= 11 is 1.75. The van der Waals surface area contributed by atoms with Crippen LogP contribution < -0.4 is 5.32 Å². The molecule has 1 amide bonds. The van der Waals surface area contributed by atoms with Crippen LogP contribution in [0.15, 0.2) is 35.7 Å². The Kier molecular flexibility index (Phi) is 5.75. The molecule has 0 spiro atoms. The molecular weight excluding hydrogens is 292 g/mol. The van der Waals surface area contributed by atoms with Crippen LogP contribution in [0.4, 0.5) is 0 Å². The lowest BCUT2D eigenvalue weighted by atomic mass is 10.0. The minimum Gasteiger partial charge on any atom is -0.354 e. The average molecular weight is 316 g/mol. The third-order valence-electron chi connectivity index (χ3n) is 3.74. The second-order valence-electron chi connectivity index (χ2n) is 5.85. The highest BCUT2D eigenvalue weighted by Gasteiger charge is 2.22. The molecule has 3 nitrogen and oxygen atoms in total. The largest absolute Gasteiger partial charge is 0.354 e. The summed E-state index contributed by atoms with van der Waals surface area (Å²) in [5, 5.41) is 5.17. The molecule has 0 aliphatic carbocycles. The molecule has 0 saturated carbocycles. The molecule has 0 bridgehead atoms. The summed E-state index contributed by atoms with van der Waals surface area (Å²) in [4.78, 5) is 15.9. The molecule has 22 heavy (non-hydrogen) atoms. The van der Waals surface area contributed by atoms with Crippen molar-refractivity contribution in [2.75, 3.05) is 20.6 Å². The molecule has 1 N–H and O–H groups in total. The zero-order chi connectivity index (χ0) is 16.1. The predicted octanol–water partition coefficient (Wildman–Crippen LogP) is 3.33. The predicted molar refractivity (Wildman–Crippen MR) is 93.4 cm³/mol. The van der Waals surface area contributed by atoms with E-state index in [1.165, 1.54) is 16.0 Å². The number of likely N-dealkylation sites (N-methyl/N-ethyl adjacent to an activating group) is 1. The number of carbonyl (C=O) groups is 1. The van der Waals surface area contributed by atoms with Crippen LogP contribution >= 0.6 is 11.3 Å². The van der Waals surface area contributed by atoms with Crippen LogP contribution in [-0.4, -0.2) is 31.4 Å². The number of nitrogens with one attached hydrogen (secondary N) is 1. The standard InChI is InChI=1S/C18H24N2OS/c1-13-6-5-7-15(12-13)17(20(3)4)18(21)19-10-8-16-14(2)9-11-22-16/h5-7,9,11-12,17H,8,10H2,1-4H3,(H,19,21)/t17-/m1/s1. The van der Waals surface area contributed by atoms with Crippen LogP contribution in [0.25, 0.3) is 0 Å². The normalized spacial score (nSPS) is 12.4. The van der Waals surface area contributed by atoms with Gasteiger partial charge in [-0.15, -0.1) is 11.3 Å². The van der Waals surface area contributed by atoms with Crippen molar-refractivity contribution in [1.29, 1.82) is 0 Å². The first-order valence-electron chi connectivity index (χ1n) is 7.52. The van der Waals surface area contributed by atoms with Gasteiger partial charge in [-0.2, -0.15) is 0 Å². The first-order valence-corrected chi connectivity index (χ1v) is 8.40. The lowest BCUT2D eigenvalue weighted by Gasteiger charge is -2.24. The lowest BCUT2D eigenvalue weighted by molar-refractivity contribution is -0.125. The van der Waals surface area contributed by atoms with Crippen molar-refractivity contribution in [1.82, 2.24) is 10.2 Å². The Morgan fingerprint density at radius 3 is 2.64 bits per heavy atom. The maximum absolute atomic E-state index is 12.6. The van der Waals surface area contributed by atoms with Crippen molar-refractivity contribution in [3.05, 3.63) is 57.3 Å². The van der Waals surface area contributed by atoms with Gasteiger partial charge in [0.15, 0.2) is 0 Å². The molecule has 2 rings (SSSR count). The maximum atomic E-state index is 12.6. The number of hydrogen-bond acceptors (Lipinski definition) is 3. The van der Waals surface area contributed by atoms with Gasteiger partial charge < -0.3 is 5.32 Å². The van der Waals surface area contributed by atoms with Crippen molar-refractivity contribution in [3.8, 4) is 0 Å². The number of aryl methyl sites for hydroxylation is 2. The van der Waals surface area contributed by atoms with Crippen molar-refractivity contribution in [2.45, 2.75) is 26.3 Å². The third kappa shape index (κ3) is 4.18. The van der Waals surface area contributed by atoms with Crippen molar-refractivity contribution < 1.29 is 4.79 Å². The van der Waals surface area contributed by atoms with E-state index in [0.29, 0.717) is 6.54 Å². The van der Waals surface area contributed by atoms with E-state index in [2.05, 4.69) is 29.8 Å². The molecule has 1 aromatic heterocycles. The molecule has 118 valence electrons. The highest BCUT2D eigenvalue weighted by molar-refractivity contribution is 7.10. The van der Waals surface area contributed by atoms with Crippen LogP contribution in [-0.2, 0) is 11.2 Å². The zero-order valence-electron chi connectivity index (χ0n) is 13.7. The summed E-state index contributed by atoms with van der Waals surface area (Å²) in [6, 6.07) is 10.0. The quantitative estimate of drug-likeness (QED) is 0.886. The summed E-state index contributed by atoms with van der Waals surface area (Å²) < 4.78 is 0.